The highest BCUT2D eigenvalue weighted by Gasteiger charge is 2.08. The standard InChI is InChI=1S/C16H14Cl2FN5O/c17-12-8-20-23(10-12)6-4-16(25)21-15-3-5-24(22-15)9-11-1-2-13(19)7-14(11)18/h1-3,5,7-8,10H,4,6,9H2,(H,21,22,25). The van der Waals surface area contributed by atoms with Crippen molar-refractivity contribution in [2.75, 3.05) is 5.32 Å². The van der Waals surface area contributed by atoms with Gasteiger partial charge >= 0.3 is 0 Å². The van der Waals surface area contributed by atoms with Crippen LogP contribution < -0.4 is 5.32 Å². The molecule has 0 aliphatic carbocycles. The van der Waals surface area contributed by atoms with Gasteiger partial charge in [-0.05, 0) is 17.7 Å². The summed E-state index contributed by atoms with van der Waals surface area (Å²) >= 11 is 11.8. The van der Waals surface area contributed by atoms with E-state index >= 15 is 0 Å². The van der Waals surface area contributed by atoms with Crippen molar-refractivity contribution >= 4 is 34.9 Å². The number of nitrogens with one attached hydrogen (secondary N) is 1. The van der Waals surface area contributed by atoms with Crippen molar-refractivity contribution in [3.05, 3.63) is 64.3 Å². The lowest BCUT2D eigenvalue weighted by Crippen LogP contribution is -2.15. The van der Waals surface area contributed by atoms with Gasteiger partial charge in [0.25, 0.3) is 0 Å². The molecule has 0 aliphatic heterocycles. The summed E-state index contributed by atoms with van der Waals surface area (Å²) in [6.45, 7) is 0.797. The minimum atomic E-state index is -0.388. The third-order valence-corrected chi connectivity index (χ3v) is 3.97. The zero-order chi connectivity index (χ0) is 17.8. The van der Waals surface area contributed by atoms with Crippen molar-refractivity contribution < 1.29 is 9.18 Å². The molecule has 0 saturated heterocycles. The fourth-order valence-corrected chi connectivity index (χ4v) is 2.61. The molecule has 1 amide bonds. The molecule has 130 valence electrons. The van der Waals surface area contributed by atoms with Crippen LogP contribution in [-0.2, 0) is 17.9 Å². The molecule has 3 aromatic rings. The maximum atomic E-state index is 13.1. The molecule has 0 bridgehead atoms. The summed E-state index contributed by atoms with van der Waals surface area (Å²) in [6.07, 6.45) is 5.12. The van der Waals surface area contributed by atoms with E-state index in [0.717, 1.165) is 5.56 Å². The van der Waals surface area contributed by atoms with Gasteiger partial charge in [-0.15, -0.1) is 0 Å². The molecule has 2 heterocycles. The van der Waals surface area contributed by atoms with Gasteiger partial charge < -0.3 is 5.32 Å². The molecule has 3 rings (SSSR count). The molecular weight excluding hydrogens is 368 g/mol. The van der Waals surface area contributed by atoms with Gasteiger partial charge in [0.05, 0.1) is 17.8 Å². The quantitative estimate of drug-likeness (QED) is 0.709. The number of carbonyl (C=O) groups excluding carboxylic acids is 1. The van der Waals surface area contributed by atoms with E-state index in [-0.39, 0.29) is 18.1 Å². The smallest absolute Gasteiger partial charge is 0.227 e. The van der Waals surface area contributed by atoms with Gasteiger partial charge in [-0.1, -0.05) is 29.3 Å². The summed E-state index contributed by atoms with van der Waals surface area (Å²) in [5.41, 5.74) is 0.736. The van der Waals surface area contributed by atoms with Crippen molar-refractivity contribution in [1.29, 1.82) is 0 Å². The van der Waals surface area contributed by atoms with Crippen molar-refractivity contribution in [2.24, 2.45) is 0 Å². The van der Waals surface area contributed by atoms with Gasteiger partial charge in [0.15, 0.2) is 5.82 Å². The number of anilines is 1. The molecule has 0 aliphatic rings. The van der Waals surface area contributed by atoms with Crippen molar-refractivity contribution in [1.82, 2.24) is 19.6 Å². The Morgan fingerprint density at radius 1 is 1.24 bits per heavy atom. The van der Waals surface area contributed by atoms with Crippen LogP contribution in [0.1, 0.15) is 12.0 Å². The van der Waals surface area contributed by atoms with Crippen LogP contribution >= 0.6 is 23.2 Å². The van der Waals surface area contributed by atoms with E-state index in [4.69, 9.17) is 23.2 Å². The number of hydrogen-bond donors (Lipinski definition) is 1. The normalized spacial score (nSPS) is 10.8. The fourth-order valence-electron chi connectivity index (χ4n) is 2.22. The van der Waals surface area contributed by atoms with Crippen molar-refractivity contribution in [3.8, 4) is 0 Å². The Labute approximate surface area is 153 Å². The first kappa shape index (κ1) is 17.4. The lowest BCUT2D eigenvalue weighted by Gasteiger charge is -2.05. The van der Waals surface area contributed by atoms with Crippen LogP contribution in [0, 0.1) is 5.82 Å². The van der Waals surface area contributed by atoms with E-state index in [1.807, 2.05) is 0 Å². The van der Waals surface area contributed by atoms with E-state index in [2.05, 4.69) is 15.5 Å². The number of halogens is 3. The summed E-state index contributed by atoms with van der Waals surface area (Å²) in [5.74, 6) is -0.140. The second kappa shape index (κ2) is 7.67. The zero-order valence-electron chi connectivity index (χ0n) is 13.0. The number of amides is 1. The third-order valence-electron chi connectivity index (χ3n) is 3.43. The molecule has 0 fully saturated rings. The van der Waals surface area contributed by atoms with Crippen LogP contribution in [0.2, 0.25) is 10.0 Å². The van der Waals surface area contributed by atoms with Crippen LogP contribution in [0.3, 0.4) is 0 Å². The Morgan fingerprint density at radius 2 is 2.08 bits per heavy atom. The van der Waals surface area contributed by atoms with Crippen LogP contribution in [0.25, 0.3) is 0 Å². The second-order valence-corrected chi connectivity index (χ2v) is 6.20. The highest BCUT2D eigenvalue weighted by molar-refractivity contribution is 6.31. The Kier molecular flexibility index (Phi) is 5.35. The first-order valence-corrected chi connectivity index (χ1v) is 8.20. The van der Waals surface area contributed by atoms with Gasteiger partial charge in [-0.2, -0.15) is 10.2 Å². The maximum Gasteiger partial charge on any atom is 0.227 e. The van der Waals surface area contributed by atoms with E-state index in [9.17, 15) is 9.18 Å². The topological polar surface area (TPSA) is 64.7 Å². The molecule has 2 aromatic heterocycles. The van der Waals surface area contributed by atoms with E-state index in [0.29, 0.717) is 29.0 Å². The molecule has 1 N–H and O–H groups in total. The average Bonchev–Trinajstić information content (AvgIpc) is 3.17. The second-order valence-electron chi connectivity index (χ2n) is 5.35. The van der Waals surface area contributed by atoms with Gasteiger partial charge in [-0.25, -0.2) is 4.39 Å². The first-order valence-electron chi connectivity index (χ1n) is 7.45. The van der Waals surface area contributed by atoms with Gasteiger partial charge in [0.2, 0.25) is 5.91 Å². The van der Waals surface area contributed by atoms with E-state index < -0.39 is 0 Å². The number of nitrogens with zero attached hydrogens (tertiary/aromatic N) is 4. The third kappa shape index (κ3) is 4.80. The molecule has 1 aromatic carbocycles. The number of aryl methyl sites for hydroxylation is 1. The number of rotatable bonds is 6. The van der Waals surface area contributed by atoms with Crippen molar-refractivity contribution in [3.63, 3.8) is 0 Å². The van der Waals surface area contributed by atoms with Crippen LogP contribution in [-0.4, -0.2) is 25.5 Å². The summed E-state index contributed by atoms with van der Waals surface area (Å²) in [4.78, 5) is 12.0. The molecule has 0 atom stereocenters. The van der Waals surface area contributed by atoms with Gasteiger partial charge in [-0.3, -0.25) is 14.2 Å². The monoisotopic (exact) mass is 381 g/mol. The largest absolute Gasteiger partial charge is 0.309 e. The maximum absolute atomic E-state index is 13.1. The highest BCUT2D eigenvalue weighted by atomic mass is 35.5. The first-order chi connectivity index (χ1) is 12.0. The molecular formula is C16H14Cl2FN5O. The average molecular weight is 382 g/mol. The Bertz CT molecular complexity index is 892. The lowest BCUT2D eigenvalue weighted by atomic mass is 10.2. The Balaban J connectivity index is 1.55. The fraction of sp³-hybridized carbons (Fsp3) is 0.188. The molecule has 25 heavy (non-hydrogen) atoms. The molecule has 0 spiro atoms. The van der Waals surface area contributed by atoms with Crippen LogP contribution in [0.5, 0.6) is 0 Å². The summed E-state index contributed by atoms with van der Waals surface area (Å²) in [6, 6.07) is 5.88. The number of carbonyl (C=O) groups is 1. The molecule has 0 unspecified atom stereocenters. The van der Waals surface area contributed by atoms with Crippen LogP contribution in [0.4, 0.5) is 10.2 Å². The molecule has 0 radical (unpaired) electrons. The van der Waals surface area contributed by atoms with Gasteiger partial charge in [0, 0.05) is 36.4 Å². The number of aromatic nitrogens is 4. The highest BCUT2D eigenvalue weighted by Crippen LogP contribution is 2.18. The minimum absolute atomic E-state index is 0.184. The zero-order valence-corrected chi connectivity index (χ0v) is 14.5. The molecule has 9 heteroatoms. The SMILES string of the molecule is O=C(CCn1cc(Cl)cn1)Nc1ccn(Cc2ccc(F)cc2Cl)n1. The van der Waals surface area contributed by atoms with Crippen molar-refractivity contribution in [2.45, 2.75) is 19.5 Å². The number of hydrogen-bond acceptors (Lipinski definition) is 3. The van der Waals surface area contributed by atoms with E-state index in [1.165, 1.54) is 18.3 Å². The molecule has 6 nitrogen and oxygen atoms in total. The summed E-state index contributed by atoms with van der Waals surface area (Å²) in [5, 5.41) is 11.8. The van der Waals surface area contributed by atoms with Crippen LogP contribution in [0.15, 0.2) is 42.9 Å². The Hall–Kier alpha value is -2.38. The minimum Gasteiger partial charge on any atom is -0.309 e. The number of benzene rings is 1. The summed E-state index contributed by atoms with van der Waals surface area (Å²) < 4.78 is 16.3. The van der Waals surface area contributed by atoms with E-state index in [1.54, 1.807) is 33.9 Å². The predicted molar refractivity (Wildman–Crippen MR) is 93.2 cm³/mol. The Morgan fingerprint density at radius 3 is 2.80 bits per heavy atom. The lowest BCUT2D eigenvalue weighted by molar-refractivity contribution is -0.116. The van der Waals surface area contributed by atoms with Gasteiger partial charge in [0.1, 0.15) is 5.82 Å². The predicted octanol–water partition coefficient (Wildman–Crippen LogP) is 3.60. The summed E-state index contributed by atoms with van der Waals surface area (Å²) in [7, 11) is 0. The molecule has 0 saturated carbocycles.